The van der Waals surface area contributed by atoms with Crippen LogP contribution < -0.4 is 5.32 Å². The van der Waals surface area contributed by atoms with Crippen LogP contribution in [0.25, 0.3) is 0 Å². The molecule has 1 aliphatic heterocycles. The number of amides is 1. The molecule has 0 unspecified atom stereocenters. The molecule has 114 valence electrons. The molecular formula is C16H19N5O. The molecule has 0 bridgehead atoms. The van der Waals surface area contributed by atoms with E-state index in [2.05, 4.69) is 20.3 Å². The van der Waals surface area contributed by atoms with E-state index in [0.717, 1.165) is 31.5 Å². The fraction of sp³-hybridized carbons (Fsp3) is 0.375. The lowest BCUT2D eigenvalue weighted by molar-refractivity contribution is -0.132. The van der Waals surface area contributed by atoms with E-state index in [4.69, 9.17) is 0 Å². The molecule has 1 fully saturated rings. The minimum Gasteiger partial charge on any atom is -0.334 e. The smallest absolute Gasteiger partial charge is 0.228 e. The first-order valence-corrected chi connectivity index (χ1v) is 7.52. The van der Waals surface area contributed by atoms with Crippen LogP contribution in [0.3, 0.4) is 0 Å². The molecule has 22 heavy (non-hydrogen) atoms. The molecule has 6 nitrogen and oxygen atoms in total. The quantitative estimate of drug-likeness (QED) is 0.943. The minimum atomic E-state index is 0.0403. The summed E-state index contributed by atoms with van der Waals surface area (Å²) in [6, 6.07) is 7.54. The van der Waals surface area contributed by atoms with Crippen molar-refractivity contribution in [3.63, 3.8) is 0 Å². The number of nitrogens with zero attached hydrogens (tertiary/aromatic N) is 4. The third kappa shape index (κ3) is 3.21. The summed E-state index contributed by atoms with van der Waals surface area (Å²) in [5, 5.41) is 3.09. The molecular weight excluding hydrogens is 278 g/mol. The molecule has 0 saturated carbocycles. The van der Waals surface area contributed by atoms with Gasteiger partial charge in [0.1, 0.15) is 5.82 Å². The second-order valence-electron chi connectivity index (χ2n) is 5.37. The van der Waals surface area contributed by atoms with Gasteiger partial charge in [-0.3, -0.25) is 4.79 Å². The highest BCUT2D eigenvalue weighted by molar-refractivity contribution is 5.73. The predicted octanol–water partition coefficient (Wildman–Crippen LogP) is 2.69. The Kier molecular flexibility index (Phi) is 4.27. The number of piperidine rings is 1. The minimum absolute atomic E-state index is 0.0403. The molecule has 1 saturated heterocycles. The molecule has 0 spiro atoms. The van der Waals surface area contributed by atoms with E-state index in [0.29, 0.717) is 11.8 Å². The Bertz CT molecular complexity index is 646. The summed E-state index contributed by atoms with van der Waals surface area (Å²) >= 11 is 0. The van der Waals surface area contributed by atoms with Crippen molar-refractivity contribution in [3.05, 3.63) is 42.4 Å². The van der Waals surface area contributed by atoms with E-state index in [1.165, 1.54) is 0 Å². The molecule has 0 aliphatic carbocycles. The van der Waals surface area contributed by atoms with E-state index < -0.39 is 0 Å². The number of pyridine rings is 1. The molecule has 3 heterocycles. The Morgan fingerprint density at radius 2 is 2.14 bits per heavy atom. The van der Waals surface area contributed by atoms with Crippen LogP contribution >= 0.6 is 0 Å². The Balaban J connectivity index is 1.82. The topological polar surface area (TPSA) is 71.0 Å². The van der Waals surface area contributed by atoms with Crippen molar-refractivity contribution in [2.45, 2.75) is 32.2 Å². The first kappa shape index (κ1) is 14.4. The fourth-order valence-electron chi connectivity index (χ4n) is 2.79. The van der Waals surface area contributed by atoms with Crippen LogP contribution in [0.5, 0.6) is 0 Å². The van der Waals surface area contributed by atoms with Crippen LogP contribution in [-0.4, -0.2) is 32.3 Å². The summed E-state index contributed by atoms with van der Waals surface area (Å²) in [5.41, 5.74) is 0.878. The largest absolute Gasteiger partial charge is 0.334 e. The molecule has 0 aromatic carbocycles. The average molecular weight is 297 g/mol. The highest BCUT2D eigenvalue weighted by Crippen LogP contribution is 2.30. The van der Waals surface area contributed by atoms with Gasteiger partial charge >= 0.3 is 0 Å². The number of carbonyl (C=O) groups is 1. The molecule has 0 radical (unpaired) electrons. The molecule has 3 rings (SSSR count). The molecule has 1 amide bonds. The third-order valence-corrected chi connectivity index (χ3v) is 3.83. The van der Waals surface area contributed by atoms with Gasteiger partial charge in [-0.05, 0) is 37.5 Å². The van der Waals surface area contributed by atoms with E-state index in [1.807, 2.05) is 29.2 Å². The van der Waals surface area contributed by atoms with Crippen molar-refractivity contribution < 1.29 is 4.79 Å². The maximum atomic E-state index is 11.8. The summed E-state index contributed by atoms with van der Waals surface area (Å²) in [7, 11) is 0. The molecule has 6 heteroatoms. The van der Waals surface area contributed by atoms with E-state index >= 15 is 0 Å². The van der Waals surface area contributed by atoms with Gasteiger partial charge in [0.25, 0.3) is 0 Å². The van der Waals surface area contributed by atoms with E-state index in [-0.39, 0.29) is 11.9 Å². The normalized spacial score (nSPS) is 18.0. The molecule has 1 atom stereocenters. The maximum Gasteiger partial charge on any atom is 0.228 e. The molecule has 2 aromatic rings. The number of aromatic nitrogens is 3. The molecule has 1 N–H and O–H groups in total. The predicted molar refractivity (Wildman–Crippen MR) is 83.5 cm³/mol. The van der Waals surface area contributed by atoms with Crippen LogP contribution in [0.4, 0.5) is 11.8 Å². The number of hydrogen-bond acceptors (Lipinski definition) is 5. The molecule has 2 aromatic heterocycles. The van der Waals surface area contributed by atoms with Crippen molar-refractivity contribution in [1.29, 1.82) is 0 Å². The monoisotopic (exact) mass is 297 g/mol. The van der Waals surface area contributed by atoms with Gasteiger partial charge in [-0.15, -0.1) is 0 Å². The van der Waals surface area contributed by atoms with Crippen molar-refractivity contribution in [2.24, 2.45) is 0 Å². The summed E-state index contributed by atoms with van der Waals surface area (Å²) in [6.07, 6.45) is 6.55. The average Bonchev–Trinajstić information content (AvgIpc) is 2.56. The molecule has 1 aliphatic rings. The van der Waals surface area contributed by atoms with Crippen LogP contribution in [0.1, 0.15) is 37.9 Å². The van der Waals surface area contributed by atoms with Crippen LogP contribution in [0.2, 0.25) is 0 Å². The van der Waals surface area contributed by atoms with Gasteiger partial charge in [-0.2, -0.15) is 0 Å². The van der Waals surface area contributed by atoms with Crippen molar-refractivity contribution >= 4 is 17.7 Å². The first-order valence-electron chi connectivity index (χ1n) is 7.52. The Morgan fingerprint density at radius 1 is 1.23 bits per heavy atom. The second kappa shape index (κ2) is 6.51. The zero-order valence-electron chi connectivity index (χ0n) is 12.6. The van der Waals surface area contributed by atoms with Crippen molar-refractivity contribution in [3.8, 4) is 0 Å². The number of likely N-dealkylation sites (tertiary alicyclic amines) is 1. The number of nitrogens with one attached hydrogen (secondary N) is 1. The van der Waals surface area contributed by atoms with Crippen molar-refractivity contribution in [2.75, 3.05) is 11.9 Å². The Morgan fingerprint density at radius 3 is 2.91 bits per heavy atom. The number of carbonyl (C=O) groups excluding carboxylic acids is 1. The second-order valence-corrected chi connectivity index (χ2v) is 5.37. The van der Waals surface area contributed by atoms with Gasteiger partial charge in [0.2, 0.25) is 11.9 Å². The summed E-state index contributed by atoms with van der Waals surface area (Å²) in [6.45, 7) is 2.42. The summed E-state index contributed by atoms with van der Waals surface area (Å²) < 4.78 is 0. The zero-order chi connectivity index (χ0) is 15.4. The summed E-state index contributed by atoms with van der Waals surface area (Å²) in [5.74, 6) is 1.31. The van der Waals surface area contributed by atoms with Crippen LogP contribution in [0.15, 0.2) is 36.7 Å². The lowest BCUT2D eigenvalue weighted by Gasteiger charge is -2.34. The van der Waals surface area contributed by atoms with Gasteiger partial charge in [-0.25, -0.2) is 15.0 Å². The third-order valence-electron chi connectivity index (χ3n) is 3.83. The number of rotatable bonds is 3. The van der Waals surface area contributed by atoms with Crippen molar-refractivity contribution in [1.82, 2.24) is 19.9 Å². The number of hydrogen-bond donors (Lipinski definition) is 1. The maximum absolute atomic E-state index is 11.8. The number of anilines is 2. The van der Waals surface area contributed by atoms with E-state index in [1.54, 1.807) is 19.3 Å². The highest BCUT2D eigenvalue weighted by Gasteiger charge is 2.27. The van der Waals surface area contributed by atoms with E-state index in [9.17, 15) is 4.79 Å². The lowest BCUT2D eigenvalue weighted by Crippen LogP contribution is -2.37. The highest BCUT2D eigenvalue weighted by atomic mass is 16.2. The first-order chi connectivity index (χ1) is 10.7. The van der Waals surface area contributed by atoms with Gasteiger partial charge in [0.05, 0.1) is 11.7 Å². The van der Waals surface area contributed by atoms with Gasteiger partial charge in [-0.1, -0.05) is 6.07 Å². The fourth-order valence-corrected chi connectivity index (χ4v) is 2.79. The SMILES string of the molecule is CC(=O)N1CCCC[C@@H]1c1ccnc(Nc2ccccn2)n1. The Hall–Kier alpha value is -2.50. The van der Waals surface area contributed by atoms with Gasteiger partial charge in [0.15, 0.2) is 0 Å². The standard InChI is InChI=1S/C16H19N5O/c1-12(22)21-11-5-3-6-14(21)13-8-10-18-16(19-13)20-15-7-2-4-9-17-15/h2,4,7-10,14H,3,5-6,11H2,1H3,(H,17,18,19,20)/t14-/m1/s1. The van der Waals surface area contributed by atoms with Gasteiger partial charge in [0, 0.05) is 25.9 Å². The zero-order valence-corrected chi connectivity index (χ0v) is 12.6. The summed E-state index contributed by atoms with van der Waals surface area (Å²) in [4.78, 5) is 26.7. The van der Waals surface area contributed by atoms with Gasteiger partial charge < -0.3 is 10.2 Å². The lowest BCUT2D eigenvalue weighted by atomic mass is 9.99. The Labute approximate surface area is 129 Å². The van der Waals surface area contributed by atoms with Crippen LogP contribution in [0, 0.1) is 0 Å². The van der Waals surface area contributed by atoms with Crippen LogP contribution in [-0.2, 0) is 4.79 Å².